The first-order valence-corrected chi connectivity index (χ1v) is 24.2. The maximum atomic E-state index is 13.7. The SMILES string of the molecule is C/C=C\C1(C)/C(=C\C=O)CCC2C1C(O)CC1(C)C2CC(C)C1C(=O)COC(=O)OCOC(=O)CC(N)C(=O)OCC(=O)C1CCC2C3CCC4=CC(=O)C=CC4(C)C3C(O)CC12C.CC. The van der Waals surface area contributed by atoms with Gasteiger partial charge < -0.3 is 34.9 Å². The van der Waals surface area contributed by atoms with Gasteiger partial charge in [-0.2, -0.15) is 0 Å². The largest absolute Gasteiger partial charge is 0.511 e. The van der Waals surface area contributed by atoms with Crippen LogP contribution in [0.25, 0.3) is 0 Å². The van der Waals surface area contributed by atoms with Gasteiger partial charge in [0.25, 0.3) is 0 Å². The van der Waals surface area contributed by atoms with Crippen molar-refractivity contribution in [3.8, 4) is 0 Å². The molecule has 0 aromatic heterocycles. The Hall–Kier alpha value is -4.27. The monoisotopic (exact) mass is 920 g/mol. The van der Waals surface area contributed by atoms with Crippen molar-refractivity contribution in [2.75, 3.05) is 20.0 Å². The van der Waals surface area contributed by atoms with Crippen LogP contribution in [0, 0.1) is 74.9 Å². The van der Waals surface area contributed by atoms with E-state index in [9.17, 15) is 43.8 Å². The molecule has 14 heteroatoms. The molecule has 0 spiro atoms. The molecular formula is C52H73NO13. The van der Waals surface area contributed by atoms with E-state index < -0.39 is 96.3 Å². The lowest BCUT2D eigenvalue weighted by molar-refractivity contribution is -0.160. The predicted octanol–water partition coefficient (Wildman–Crippen LogP) is 6.74. The van der Waals surface area contributed by atoms with E-state index >= 15 is 0 Å². The van der Waals surface area contributed by atoms with Crippen molar-refractivity contribution in [2.45, 2.75) is 138 Å². The summed E-state index contributed by atoms with van der Waals surface area (Å²) in [7, 11) is 0. The molecule has 4 N–H and O–H groups in total. The molecular weight excluding hydrogens is 847 g/mol. The summed E-state index contributed by atoms with van der Waals surface area (Å²) in [5.74, 6) is -3.02. The third-order valence-electron chi connectivity index (χ3n) is 17.7. The Bertz CT molecular complexity index is 2040. The zero-order valence-electron chi connectivity index (χ0n) is 40.1. The van der Waals surface area contributed by atoms with Crippen molar-refractivity contribution in [1.29, 1.82) is 0 Å². The topological polar surface area (TPSA) is 223 Å². The van der Waals surface area contributed by atoms with Crippen LogP contribution in [0.3, 0.4) is 0 Å². The number of aliphatic hydroxyl groups is 2. The normalized spacial score (nSPS) is 40.8. The summed E-state index contributed by atoms with van der Waals surface area (Å²) in [4.78, 5) is 88.8. The first-order chi connectivity index (χ1) is 31.2. The van der Waals surface area contributed by atoms with Gasteiger partial charge in [0.1, 0.15) is 18.9 Å². The zero-order chi connectivity index (χ0) is 48.5. The van der Waals surface area contributed by atoms with E-state index in [2.05, 4.69) is 26.8 Å². The number of allylic oxidation sites excluding steroid dienone is 8. The minimum atomic E-state index is -1.46. The Morgan fingerprint density at radius 2 is 1.50 bits per heavy atom. The van der Waals surface area contributed by atoms with Gasteiger partial charge in [0, 0.05) is 34.5 Å². The first kappa shape index (κ1) is 51.1. The number of rotatable bonds is 13. The van der Waals surface area contributed by atoms with E-state index in [1.807, 2.05) is 46.8 Å². The Balaban J connectivity index is 0.00000355. The number of esters is 2. The molecule has 6 fully saturated rings. The fourth-order valence-corrected chi connectivity index (χ4v) is 15.3. The quantitative estimate of drug-likeness (QED) is 0.0435. The molecule has 7 rings (SSSR count). The number of aliphatic hydroxyl groups excluding tert-OH is 2. The molecule has 364 valence electrons. The van der Waals surface area contributed by atoms with Gasteiger partial charge >= 0.3 is 18.1 Å². The highest BCUT2D eigenvalue weighted by molar-refractivity contribution is 6.01. The van der Waals surface area contributed by atoms with Crippen molar-refractivity contribution in [3.05, 3.63) is 47.6 Å². The van der Waals surface area contributed by atoms with E-state index in [1.165, 1.54) is 0 Å². The lowest BCUT2D eigenvalue weighted by Gasteiger charge is -2.58. The smallest absolute Gasteiger partial charge is 0.457 e. The van der Waals surface area contributed by atoms with Gasteiger partial charge in [-0.25, -0.2) is 4.79 Å². The molecule has 0 saturated heterocycles. The number of ketones is 3. The van der Waals surface area contributed by atoms with E-state index in [4.69, 9.17) is 24.7 Å². The fourth-order valence-electron chi connectivity index (χ4n) is 15.3. The summed E-state index contributed by atoms with van der Waals surface area (Å²) in [6.07, 6.45) is 14.6. The molecule has 0 radical (unpaired) electrons. The Morgan fingerprint density at radius 1 is 0.848 bits per heavy atom. The Morgan fingerprint density at radius 3 is 2.20 bits per heavy atom. The summed E-state index contributed by atoms with van der Waals surface area (Å²) in [5.41, 5.74) is 6.06. The van der Waals surface area contributed by atoms with Gasteiger partial charge in [0.05, 0.1) is 18.6 Å². The molecule has 0 aromatic carbocycles. The second kappa shape index (κ2) is 20.1. The highest BCUT2D eigenvalue weighted by Crippen LogP contribution is 2.68. The number of hydrogen-bond acceptors (Lipinski definition) is 14. The number of hydrogen-bond donors (Lipinski definition) is 3. The maximum Gasteiger partial charge on any atom is 0.511 e. The lowest BCUT2D eigenvalue weighted by atomic mass is 9.46. The van der Waals surface area contributed by atoms with Crippen LogP contribution in [0.4, 0.5) is 4.79 Å². The third-order valence-corrected chi connectivity index (χ3v) is 17.7. The average Bonchev–Trinajstić information content (AvgIpc) is 3.75. The summed E-state index contributed by atoms with van der Waals surface area (Å²) >= 11 is 0. The van der Waals surface area contributed by atoms with Crippen LogP contribution in [-0.2, 0) is 47.7 Å². The minimum absolute atomic E-state index is 0.0294. The van der Waals surface area contributed by atoms with Crippen LogP contribution in [0.5, 0.6) is 0 Å². The lowest BCUT2D eigenvalue weighted by Crippen LogP contribution is -2.56. The number of fused-ring (bicyclic) bond motifs is 8. The summed E-state index contributed by atoms with van der Waals surface area (Å²) in [6, 6.07) is -1.46. The number of nitrogens with two attached hydrogens (primary N) is 1. The van der Waals surface area contributed by atoms with Crippen LogP contribution in [0.2, 0.25) is 0 Å². The van der Waals surface area contributed by atoms with Crippen molar-refractivity contribution >= 4 is 41.7 Å². The summed E-state index contributed by atoms with van der Waals surface area (Å²) < 4.78 is 20.3. The molecule has 0 heterocycles. The molecule has 7 aliphatic rings. The maximum absolute atomic E-state index is 13.7. The van der Waals surface area contributed by atoms with Gasteiger partial charge in [-0.05, 0) is 123 Å². The Labute approximate surface area is 389 Å². The number of carbonyl (C=O) groups is 7. The molecule has 0 aromatic rings. The zero-order valence-corrected chi connectivity index (χ0v) is 40.1. The number of Topliss-reactive ketones (excluding diaryl/α,β-unsaturated/α-hetero) is 2. The van der Waals surface area contributed by atoms with Crippen LogP contribution in [0.1, 0.15) is 120 Å². The number of aldehydes is 1. The fraction of sp³-hybridized carbons (Fsp3) is 0.712. The molecule has 14 nitrogen and oxygen atoms in total. The molecule has 16 unspecified atom stereocenters. The molecule has 7 aliphatic carbocycles. The van der Waals surface area contributed by atoms with Crippen molar-refractivity contribution in [1.82, 2.24) is 0 Å². The van der Waals surface area contributed by atoms with Gasteiger partial charge in [-0.3, -0.25) is 28.8 Å². The van der Waals surface area contributed by atoms with Crippen LogP contribution < -0.4 is 5.73 Å². The average molecular weight is 920 g/mol. The molecule has 0 aliphatic heterocycles. The van der Waals surface area contributed by atoms with E-state index in [0.717, 1.165) is 56.0 Å². The summed E-state index contributed by atoms with van der Waals surface area (Å²) in [6.45, 7) is 14.3. The van der Waals surface area contributed by atoms with E-state index in [-0.39, 0.29) is 58.8 Å². The van der Waals surface area contributed by atoms with Gasteiger partial charge in [-0.15, -0.1) is 0 Å². The number of ether oxygens (including phenoxy) is 4. The van der Waals surface area contributed by atoms with Crippen molar-refractivity contribution in [2.24, 2.45) is 80.7 Å². The van der Waals surface area contributed by atoms with Crippen LogP contribution in [-0.4, -0.2) is 90.2 Å². The summed E-state index contributed by atoms with van der Waals surface area (Å²) in [5, 5.41) is 23.3. The third kappa shape index (κ3) is 9.19. The second-order valence-electron chi connectivity index (χ2n) is 21.0. The Kier molecular flexibility index (Phi) is 15.6. The standard InChI is InChI=1S/C50H67NO13.C2H6/c1-7-16-47(3)28(15-18-52)8-10-32-35-19-27(2)42(50(35,6)23-38(55)44(32)47)40(57)25-62-46(60)64-26-63-41(58)21-36(51)45(59)61-24-39(56)34-13-12-33-31-11-9-29-20-30(53)14-17-48(29,4)43(31)37(54)22-49(33,34)5;1-2/h7,14-18,20,27,31-38,42-44,54-55H,8-13,19,21-26,51H2,1-6H3;1-2H3/b16-7-,28-15-;. The molecule has 16 atom stereocenters. The van der Waals surface area contributed by atoms with E-state index in [0.29, 0.717) is 19.3 Å². The van der Waals surface area contributed by atoms with Gasteiger partial charge in [-0.1, -0.05) is 77.8 Å². The minimum Gasteiger partial charge on any atom is -0.457 e. The highest BCUT2D eigenvalue weighted by atomic mass is 16.8. The predicted molar refractivity (Wildman–Crippen MR) is 243 cm³/mol. The van der Waals surface area contributed by atoms with Crippen molar-refractivity contribution in [3.63, 3.8) is 0 Å². The molecule has 66 heavy (non-hydrogen) atoms. The molecule has 6 saturated carbocycles. The highest BCUT2D eigenvalue weighted by Gasteiger charge is 2.65. The first-order valence-electron chi connectivity index (χ1n) is 24.2. The van der Waals surface area contributed by atoms with E-state index in [1.54, 1.807) is 18.2 Å². The van der Waals surface area contributed by atoms with Crippen LogP contribution >= 0.6 is 0 Å². The second-order valence-corrected chi connectivity index (χ2v) is 21.0. The molecule has 0 bridgehead atoms. The van der Waals surface area contributed by atoms with Crippen molar-refractivity contribution < 1.29 is 62.7 Å². The van der Waals surface area contributed by atoms with Crippen LogP contribution in [0.15, 0.2) is 47.6 Å². The van der Waals surface area contributed by atoms with Gasteiger partial charge in [0.2, 0.25) is 6.79 Å². The number of carbonyl (C=O) groups excluding carboxylic acids is 7. The van der Waals surface area contributed by atoms with Gasteiger partial charge in [0.15, 0.2) is 24.0 Å². The molecule has 0 amide bonds.